The molecule has 1 aliphatic carbocycles. The van der Waals surface area contributed by atoms with E-state index in [4.69, 9.17) is 9.73 Å². The van der Waals surface area contributed by atoms with Crippen molar-refractivity contribution in [3.63, 3.8) is 0 Å². The van der Waals surface area contributed by atoms with Crippen molar-refractivity contribution in [1.82, 2.24) is 5.32 Å². The number of hydrogen-bond acceptors (Lipinski definition) is 5. The lowest BCUT2D eigenvalue weighted by atomic mass is 9.63. The number of fused-ring (bicyclic) bond motifs is 1. The molecule has 2 aromatic carbocycles. The Bertz CT molecular complexity index is 1180. The molecule has 3 unspecified atom stereocenters. The van der Waals surface area contributed by atoms with Crippen LogP contribution >= 0.6 is 0 Å². The highest BCUT2D eigenvalue weighted by Gasteiger charge is 2.47. The molecular weight excluding hydrogens is 472 g/mol. The van der Waals surface area contributed by atoms with Gasteiger partial charge in [0, 0.05) is 29.3 Å². The normalized spacial score (nSPS) is 24.6. The molecule has 5 heteroatoms. The van der Waals surface area contributed by atoms with E-state index in [0.29, 0.717) is 25.4 Å². The van der Waals surface area contributed by atoms with Gasteiger partial charge in [0.05, 0.1) is 12.5 Å². The number of benzene rings is 2. The number of nitrogens with zero attached hydrogens (tertiary/aromatic N) is 1. The summed E-state index contributed by atoms with van der Waals surface area (Å²) in [4.78, 5) is 18.7. The van der Waals surface area contributed by atoms with Crippen molar-refractivity contribution in [2.75, 3.05) is 19.7 Å². The number of carbonyl (C=O) groups is 1. The van der Waals surface area contributed by atoms with E-state index in [2.05, 4.69) is 62.5 Å². The molecule has 5 rings (SSSR count). The predicted molar refractivity (Wildman–Crippen MR) is 153 cm³/mol. The quantitative estimate of drug-likeness (QED) is 0.407. The van der Waals surface area contributed by atoms with Crippen molar-refractivity contribution in [3.8, 4) is 11.1 Å². The van der Waals surface area contributed by atoms with E-state index in [9.17, 15) is 9.90 Å². The maximum Gasteiger partial charge on any atom is 0.179 e. The Balaban J connectivity index is 1.47. The molecule has 2 fully saturated rings. The molecule has 38 heavy (non-hydrogen) atoms. The van der Waals surface area contributed by atoms with Crippen LogP contribution in [0.1, 0.15) is 70.8 Å². The predicted octanol–water partition coefficient (Wildman–Crippen LogP) is 6.29. The average molecular weight is 515 g/mol. The topological polar surface area (TPSA) is 70.9 Å². The minimum absolute atomic E-state index is 0.103. The SMILES string of the molecule is CCC1=C(C(O)OCCC2CCNCC2)C(c2ccc(-c3ccccc3)cc2)C2C(=O)CC(C)(C)CC2=N1. The Kier molecular flexibility index (Phi) is 8.27. The van der Waals surface area contributed by atoms with Crippen molar-refractivity contribution >= 4 is 11.5 Å². The molecule has 5 nitrogen and oxygen atoms in total. The fraction of sp³-hybridized carbons (Fsp3) is 0.515. The highest BCUT2D eigenvalue weighted by Crippen LogP contribution is 2.48. The molecule has 0 radical (unpaired) electrons. The number of aliphatic imine (C=N–C) groups is 1. The van der Waals surface area contributed by atoms with Gasteiger partial charge in [-0.1, -0.05) is 75.4 Å². The first-order chi connectivity index (χ1) is 18.4. The lowest BCUT2D eigenvalue weighted by molar-refractivity contribution is -0.124. The number of aliphatic hydroxyl groups is 1. The summed E-state index contributed by atoms with van der Waals surface area (Å²) in [6, 6.07) is 18.8. The number of Topliss-reactive ketones (excluding diaryl/α,β-unsaturated/α-hetero) is 1. The Hall–Kier alpha value is -2.60. The molecule has 2 N–H and O–H groups in total. The molecule has 2 aromatic rings. The Morgan fingerprint density at radius 3 is 2.37 bits per heavy atom. The van der Waals surface area contributed by atoms with Gasteiger partial charge in [-0.15, -0.1) is 0 Å². The van der Waals surface area contributed by atoms with Crippen LogP contribution < -0.4 is 5.32 Å². The van der Waals surface area contributed by atoms with Crippen molar-refractivity contribution in [3.05, 3.63) is 71.4 Å². The summed E-state index contributed by atoms with van der Waals surface area (Å²) in [6.07, 6.45) is 4.18. The molecule has 3 atom stereocenters. The summed E-state index contributed by atoms with van der Waals surface area (Å²) >= 11 is 0. The molecular formula is C33H42N2O3. The molecule has 202 valence electrons. The number of hydrogen-bond donors (Lipinski definition) is 2. The van der Waals surface area contributed by atoms with Crippen molar-refractivity contribution in [1.29, 1.82) is 0 Å². The number of allylic oxidation sites excluding steroid dienone is 1. The van der Waals surface area contributed by atoms with E-state index in [1.807, 2.05) is 18.2 Å². The molecule has 3 aliphatic rings. The van der Waals surface area contributed by atoms with Crippen LogP contribution in [-0.4, -0.2) is 42.6 Å². The van der Waals surface area contributed by atoms with E-state index >= 15 is 0 Å². The standard InChI is InChI=1S/C33H42N2O3/c1-4-26-31(32(37)38-19-16-22-14-17-34-18-15-22)29(30-27(35-26)20-33(2,3)21-28(30)36)25-12-10-24(11-13-25)23-8-6-5-7-9-23/h5-13,22,29-30,32,34,37H,4,14-21H2,1-3H3. The van der Waals surface area contributed by atoms with Gasteiger partial charge in [0.15, 0.2) is 6.29 Å². The van der Waals surface area contributed by atoms with Crippen LogP contribution in [0.4, 0.5) is 0 Å². The van der Waals surface area contributed by atoms with Gasteiger partial charge in [-0.25, -0.2) is 0 Å². The third-order valence-corrected chi connectivity index (χ3v) is 8.54. The van der Waals surface area contributed by atoms with Crippen LogP contribution in [0.2, 0.25) is 0 Å². The first-order valence-electron chi connectivity index (χ1n) is 14.3. The van der Waals surface area contributed by atoms with Gasteiger partial charge in [0.25, 0.3) is 0 Å². The van der Waals surface area contributed by atoms with Gasteiger partial charge >= 0.3 is 0 Å². The highest BCUT2D eigenvalue weighted by molar-refractivity contribution is 6.10. The number of carbonyl (C=O) groups excluding carboxylic acids is 1. The summed E-state index contributed by atoms with van der Waals surface area (Å²) in [5.41, 5.74) is 5.83. The Labute approximate surface area is 227 Å². The second-order valence-electron chi connectivity index (χ2n) is 12.0. The summed E-state index contributed by atoms with van der Waals surface area (Å²) < 4.78 is 6.11. The first kappa shape index (κ1) is 27.0. The van der Waals surface area contributed by atoms with Gasteiger partial charge in [-0.3, -0.25) is 9.79 Å². The van der Waals surface area contributed by atoms with Crippen molar-refractivity contribution in [2.24, 2.45) is 22.2 Å². The second-order valence-corrected chi connectivity index (χ2v) is 12.0. The molecule has 0 spiro atoms. The van der Waals surface area contributed by atoms with Gasteiger partial charge in [-0.05, 0) is 73.2 Å². The van der Waals surface area contributed by atoms with Gasteiger partial charge in [0.2, 0.25) is 0 Å². The number of rotatable bonds is 8. The van der Waals surface area contributed by atoms with Gasteiger partial charge in [-0.2, -0.15) is 0 Å². The van der Waals surface area contributed by atoms with Crippen LogP contribution in [0.5, 0.6) is 0 Å². The zero-order valence-corrected chi connectivity index (χ0v) is 23.1. The summed E-state index contributed by atoms with van der Waals surface area (Å²) in [7, 11) is 0. The number of piperidine rings is 1. The van der Waals surface area contributed by atoms with Gasteiger partial charge < -0.3 is 15.2 Å². The largest absolute Gasteiger partial charge is 0.364 e. The maximum absolute atomic E-state index is 13.7. The van der Waals surface area contributed by atoms with Gasteiger partial charge in [0.1, 0.15) is 5.78 Å². The van der Waals surface area contributed by atoms with E-state index in [0.717, 1.165) is 72.4 Å². The van der Waals surface area contributed by atoms with Crippen LogP contribution in [0.3, 0.4) is 0 Å². The number of aliphatic hydroxyl groups excluding tert-OH is 1. The lowest BCUT2D eigenvalue weighted by Crippen LogP contribution is -2.44. The monoisotopic (exact) mass is 514 g/mol. The molecule has 0 amide bonds. The lowest BCUT2D eigenvalue weighted by Gasteiger charge is -2.42. The summed E-state index contributed by atoms with van der Waals surface area (Å²) in [6.45, 7) is 8.99. The fourth-order valence-electron chi connectivity index (χ4n) is 6.59. The minimum atomic E-state index is -1.07. The highest BCUT2D eigenvalue weighted by atomic mass is 16.6. The van der Waals surface area contributed by atoms with E-state index < -0.39 is 6.29 Å². The third kappa shape index (κ3) is 5.85. The molecule has 2 heterocycles. The van der Waals surface area contributed by atoms with Crippen LogP contribution in [0.25, 0.3) is 11.1 Å². The summed E-state index contributed by atoms with van der Waals surface area (Å²) in [5.74, 6) is 0.229. The third-order valence-electron chi connectivity index (χ3n) is 8.54. The van der Waals surface area contributed by atoms with Crippen LogP contribution in [0, 0.1) is 17.3 Å². The molecule has 0 aromatic heterocycles. The number of ether oxygens (including phenoxy) is 1. The second kappa shape index (κ2) is 11.6. The van der Waals surface area contributed by atoms with E-state index in [1.54, 1.807) is 0 Å². The van der Waals surface area contributed by atoms with E-state index in [-0.39, 0.29) is 23.0 Å². The molecule has 1 saturated carbocycles. The molecule has 2 aliphatic heterocycles. The zero-order valence-electron chi connectivity index (χ0n) is 23.1. The van der Waals surface area contributed by atoms with Crippen LogP contribution in [-0.2, 0) is 9.53 Å². The number of ketones is 1. The number of nitrogens with one attached hydrogen (secondary N) is 1. The zero-order chi connectivity index (χ0) is 26.7. The molecule has 1 saturated heterocycles. The van der Waals surface area contributed by atoms with Crippen LogP contribution in [0.15, 0.2) is 70.9 Å². The first-order valence-corrected chi connectivity index (χ1v) is 14.3. The maximum atomic E-state index is 13.7. The van der Waals surface area contributed by atoms with E-state index in [1.165, 1.54) is 0 Å². The van der Waals surface area contributed by atoms with Crippen molar-refractivity contribution in [2.45, 2.75) is 71.5 Å². The van der Waals surface area contributed by atoms with Crippen molar-refractivity contribution < 1.29 is 14.6 Å². The smallest absolute Gasteiger partial charge is 0.179 e. The summed E-state index contributed by atoms with van der Waals surface area (Å²) in [5, 5.41) is 14.9. The Morgan fingerprint density at radius 2 is 1.68 bits per heavy atom. The minimum Gasteiger partial charge on any atom is -0.364 e. The fourth-order valence-corrected chi connectivity index (χ4v) is 6.59. The Morgan fingerprint density at radius 1 is 1.00 bits per heavy atom. The average Bonchev–Trinajstić information content (AvgIpc) is 2.92. The molecule has 0 bridgehead atoms.